The first kappa shape index (κ1) is 31.5. The average molecular weight is 608 g/mol. The molecule has 0 bridgehead atoms. The highest BCUT2D eigenvalue weighted by Gasteiger charge is 2.31. The van der Waals surface area contributed by atoms with Gasteiger partial charge < -0.3 is 10.2 Å². The zero-order valence-electron chi connectivity index (χ0n) is 24.0. The monoisotopic (exact) mass is 607 g/mol. The molecule has 1 saturated carbocycles. The van der Waals surface area contributed by atoms with Crippen LogP contribution in [0.4, 0.5) is 0 Å². The summed E-state index contributed by atoms with van der Waals surface area (Å²) in [4.78, 5) is 16.0. The van der Waals surface area contributed by atoms with Crippen molar-refractivity contribution in [3.63, 3.8) is 0 Å². The van der Waals surface area contributed by atoms with Crippen LogP contribution in [0.3, 0.4) is 0 Å². The molecule has 40 heavy (non-hydrogen) atoms. The predicted octanol–water partition coefficient (Wildman–Crippen LogP) is 7.34. The molecule has 6 nitrogen and oxygen atoms in total. The molecular weight excluding hydrogens is 562 g/mol. The molecule has 2 fully saturated rings. The van der Waals surface area contributed by atoms with E-state index in [4.69, 9.17) is 11.6 Å². The number of rotatable bonds is 13. The Morgan fingerprint density at radius 3 is 2.50 bits per heavy atom. The van der Waals surface area contributed by atoms with Gasteiger partial charge in [-0.1, -0.05) is 57.0 Å². The fourth-order valence-electron chi connectivity index (χ4n) is 6.11. The highest BCUT2D eigenvalue weighted by atomic mass is 35.5. The van der Waals surface area contributed by atoms with Gasteiger partial charge in [-0.3, -0.25) is 4.79 Å². The summed E-state index contributed by atoms with van der Waals surface area (Å²) in [5.41, 5.74) is 0.524. The number of unbranched alkanes of at least 4 members (excludes halogenated alkanes) is 3. The van der Waals surface area contributed by atoms with Crippen molar-refractivity contribution in [2.45, 2.75) is 101 Å². The van der Waals surface area contributed by atoms with E-state index < -0.39 is 10.0 Å². The van der Waals surface area contributed by atoms with Gasteiger partial charge in [0.25, 0.3) is 15.9 Å². The lowest BCUT2D eigenvalue weighted by molar-refractivity contribution is 0.0951. The van der Waals surface area contributed by atoms with Crippen LogP contribution in [0, 0.1) is 5.92 Å². The lowest BCUT2D eigenvalue weighted by atomic mass is 9.88. The summed E-state index contributed by atoms with van der Waals surface area (Å²) in [5, 5.41) is 3.46. The number of carbonyl (C=O) groups excluding carboxylic acids is 1. The van der Waals surface area contributed by atoms with Gasteiger partial charge in [0.1, 0.15) is 4.21 Å². The van der Waals surface area contributed by atoms with Gasteiger partial charge in [-0.25, -0.2) is 8.42 Å². The summed E-state index contributed by atoms with van der Waals surface area (Å²) in [6, 6.07) is 10.7. The van der Waals surface area contributed by atoms with Crippen LogP contribution < -0.4 is 5.32 Å². The lowest BCUT2D eigenvalue weighted by Gasteiger charge is -2.35. The molecule has 0 radical (unpaired) electrons. The van der Waals surface area contributed by atoms with Crippen molar-refractivity contribution in [3.8, 4) is 0 Å². The van der Waals surface area contributed by atoms with Crippen LogP contribution in [0.1, 0.15) is 99.2 Å². The largest absolute Gasteiger partial charge is 0.347 e. The van der Waals surface area contributed by atoms with Gasteiger partial charge in [-0.15, -0.1) is 11.3 Å². The van der Waals surface area contributed by atoms with Crippen molar-refractivity contribution >= 4 is 38.9 Å². The topological polar surface area (TPSA) is 69.7 Å². The minimum absolute atomic E-state index is 0.208. The molecule has 222 valence electrons. The van der Waals surface area contributed by atoms with Crippen LogP contribution in [0.25, 0.3) is 0 Å². The number of benzene rings is 1. The lowest BCUT2D eigenvalue weighted by Crippen LogP contribution is -2.41. The van der Waals surface area contributed by atoms with Crippen LogP contribution in [0.5, 0.6) is 0 Å². The quantitative estimate of drug-likeness (QED) is 0.242. The van der Waals surface area contributed by atoms with Crippen LogP contribution in [-0.4, -0.2) is 55.8 Å². The van der Waals surface area contributed by atoms with E-state index in [9.17, 15) is 13.2 Å². The number of carbonyl (C=O) groups is 1. The zero-order chi connectivity index (χ0) is 28.4. The summed E-state index contributed by atoms with van der Waals surface area (Å²) in [5.74, 6) is 0.591. The van der Waals surface area contributed by atoms with Crippen LogP contribution >= 0.6 is 22.9 Å². The summed E-state index contributed by atoms with van der Waals surface area (Å²) in [7, 11) is -3.55. The highest BCUT2D eigenvalue weighted by Crippen LogP contribution is 2.30. The van der Waals surface area contributed by atoms with Crippen molar-refractivity contribution < 1.29 is 13.2 Å². The van der Waals surface area contributed by atoms with Crippen molar-refractivity contribution in [2.24, 2.45) is 5.92 Å². The van der Waals surface area contributed by atoms with Gasteiger partial charge in [0.15, 0.2) is 0 Å². The van der Waals surface area contributed by atoms with E-state index in [0.29, 0.717) is 33.9 Å². The van der Waals surface area contributed by atoms with Crippen LogP contribution in [0.2, 0.25) is 5.02 Å². The first-order valence-corrected chi connectivity index (χ1v) is 17.9. The SMILES string of the molecule is CCCCCCN(CC1CCCCC1)C1CCCN(S(=O)(=O)c2ccc(CNC(=O)c3ccc(Cl)cc3)s2)CC1. The fraction of sp³-hybridized carbons (Fsp3) is 0.645. The molecule has 2 aliphatic rings. The maximum Gasteiger partial charge on any atom is 0.252 e. The fourth-order valence-corrected chi connectivity index (χ4v) is 9.18. The van der Waals surface area contributed by atoms with Gasteiger partial charge in [0, 0.05) is 41.1 Å². The number of thiophene rings is 1. The summed E-state index contributed by atoms with van der Waals surface area (Å²) in [6.45, 7) is 6.02. The van der Waals surface area contributed by atoms with Crippen LogP contribution in [0.15, 0.2) is 40.6 Å². The van der Waals surface area contributed by atoms with Crippen molar-refractivity contribution in [1.29, 1.82) is 0 Å². The molecule has 1 atom stereocenters. The third-order valence-electron chi connectivity index (χ3n) is 8.45. The first-order valence-electron chi connectivity index (χ1n) is 15.2. The highest BCUT2D eigenvalue weighted by molar-refractivity contribution is 7.91. The van der Waals surface area contributed by atoms with Crippen molar-refractivity contribution in [2.75, 3.05) is 26.2 Å². The normalized spacial score (nSPS) is 19.5. The van der Waals surface area contributed by atoms with E-state index in [1.165, 1.54) is 75.7 Å². The molecule has 1 unspecified atom stereocenters. The Kier molecular flexibility index (Phi) is 12.3. The molecule has 1 aromatic heterocycles. The van der Waals surface area contributed by atoms with E-state index in [2.05, 4.69) is 17.1 Å². The van der Waals surface area contributed by atoms with E-state index in [1.54, 1.807) is 34.6 Å². The van der Waals surface area contributed by atoms with Crippen molar-refractivity contribution in [3.05, 3.63) is 51.9 Å². The average Bonchev–Trinajstić information content (AvgIpc) is 3.31. The Morgan fingerprint density at radius 2 is 1.75 bits per heavy atom. The molecule has 0 spiro atoms. The van der Waals surface area contributed by atoms with E-state index in [1.807, 2.05) is 6.07 Å². The Morgan fingerprint density at radius 1 is 0.975 bits per heavy atom. The molecule has 1 saturated heterocycles. The van der Waals surface area contributed by atoms with Gasteiger partial charge >= 0.3 is 0 Å². The minimum atomic E-state index is -3.55. The maximum atomic E-state index is 13.6. The second kappa shape index (κ2) is 15.7. The standard InChI is InChI=1S/C31H46ClN3O3S2/c1-2-3-4-8-20-34(24-25-10-6-5-7-11-25)28-12-9-21-35(22-19-28)40(37,38)30-18-17-29(39-30)23-33-31(36)26-13-15-27(32)16-14-26/h13-18,25,28H,2-12,19-24H2,1H3,(H,33,36). The number of nitrogens with zero attached hydrogens (tertiary/aromatic N) is 2. The summed E-state index contributed by atoms with van der Waals surface area (Å²) in [6.07, 6.45) is 14.7. The van der Waals surface area contributed by atoms with Gasteiger partial charge in [0.05, 0.1) is 6.54 Å². The Balaban J connectivity index is 1.34. The Hall–Kier alpha value is -1.45. The van der Waals surface area contributed by atoms with E-state index in [-0.39, 0.29) is 12.5 Å². The molecule has 4 rings (SSSR count). The summed E-state index contributed by atoms with van der Waals surface area (Å²) < 4.78 is 29.3. The minimum Gasteiger partial charge on any atom is -0.347 e. The number of halogens is 1. The van der Waals surface area contributed by atoms with Gasteiger partial charge in [0.2, 0.25) is 0 Å². The van der Waals surface area contributed by atoms with E-state index in [0.717, 1.165) is 36.6 Å². The van der Waals surface area contributed by atoms with Gasteiger partial charge in [-0.2, -0.15) is 4.31 Å². The number of nitrogens with one attached hydrogen (secondary N) is 1. The third kappa shape index (κ3) is 9.02. The zero-order valence-corrected chi connectivity index (χ0v) is 26.3. The van der Waals surface area contributed by atoms with Crippen molar-refractivity contribution in [1.82, 2.24) is 14.5 Å². The molecule has 2 heterocycles. The second-order valence-electron chi connectivity index (χ2n) is 11.5. The Bertz CT molecular complexity index is 1160. The predicted molar refractivity (Wildman–Crippen MR) is 166 cm³/mol. The second-order valence-corrected chi connectivity index (χ2v) is 15.2. The maximum absolute atomic E-state index is 13.6. The molecule has 1 aliphatic heterocycles. The van der Waals surface area contributed by atoms with Gasteiger partial charge in [-0.05, 0) is 87.4 Å². The molecule has 1 aliphatic carbocycles. The number of hydrogen-bond donors (Lipinski definition) is 1. The third-order valence-corrected chi connectivity index (χ3v) is 12.2. The number of amides is 1. The first-order chi connectivity index (χ1) is 19.4. The summed E-state index contributed by atoms with van der Waals surface area (Å²) >= 11 is 7.16. The number of sulfonamides is 1. The molecule has 9 heteroatoms. The molecule has 2 aromatic rings. The smallest absolute Gasteiger partial charge is 0.252 e. The Labute approximate surface area is 250 Å². The molecule has 1 aromatic carbocycles. The van der Waals surface area contributed by atoms with Crippen LogP contribution in [-0.2, 0) is 16.6 Å². The van der Waals surface area contributed by atoms with E-state index >= 15 is 0 Å². The molecule has 1 amide bonds. The molecular formula is C31H46ClN3O3S2. The number of hydrogen-bond acceptors (Lipinski definition) is 5. The molecule has 1 N–H and O–H groups in total.